The lowest BCUT2D eigenvalue weighted by molar-refractivity contribution is 0.523. The van der Waals surface area contributed by atoms with Gasteiger partial charge in [0.1, 0.15) is 6.67 Å². The zero-order valence-electron chi connectivity index (χ0n) is 5.79. The number of benzene rings is 1. The van der Waals surface area contributed by atoms with Crippen LogP contribution in [-0.2, 0) is 0 Å². The average Bonchev–Trinajstić information content (AvgIpc) is 2.46. The zero-order valence-corrected chi connectivity index (χ0v) is 7.42. The van der Waals surface area contributed by atoms with E-state index in [1.807, 2.05) is 24.3 Å². The second kappa shape index (κ2) is 3.07. The molecule has 1 aliphatic rings. The number of hydrogen-bond acceptors (Lipinski definition) is 2. The van der Waals surface area contributed by atoms with Gasteiger partial charge in [-0.3, -0.25) is 0 Å². The summed E-state index contributed by atoms with van der Waals surface area (Å²) in [5.74, 6) is 0. The Balaban J connectivity index is 2.27. The van der Waals surface area contributed by atoms with Gasteiger partial charge in [0.25, 0.3) is 0 Å². The van der Waals surface area contributed by atoms with Crippen molar-refractivity contribution in [3.63, 3.8) is 0 Å². The normalized spacial score (nSPS) is 16.8. The van der Waals surface area contributed by atoms with E-state index in [1.165, 1.54) is 9.79 Å². The Bertz CT molecular complexity index is 237. The maximum Gasteiger partial charge on any atom is 0.111 e. The molecule has 0 atom stereocenters. The third-order valence-corrected chi connectivity index (χ3v) is 4.20. The summed E-state index contributed by atoms with van der Waals surface area (Å²) in [6.45, 7) is -0.246. The van der Waals surface area contributed by atoms with Crippen molar-refractivity contribution in [2.24, 2.45) is 0 Å². The standard InChI is InChI=1S/C8H7FS2/c9-5-8-10-6-3-1-2-4-7(6)11-8/h1-4,8H,5H2. The summed E-state index contributed by atoms with van der Waals surface area (Å²) < 4.78 is 12.3. The highest BCUT2D eigenvalue weighted by Gasteiger charge is 2.21. The summed E-state index contributed by atoms with van der Waals surface area (Å²) in [6.07, 6.45) is 0. The van der Waals surface area contributed by atoms with Crippen LogP contribution in [0.4, 0.5) is 4.39 Å². The lowest BCUT2D eigenvalue weighted by Crippen LogP contribution is -1.91. The van der Waals surface area contributed by atoms with Gasteiger partial charge in [0.2, 0.25) is 0 Å². The van der Waals surface area contributed by atoms with Crippen LogP contribution in [0.1, 0.15) is 0 Å². The van der Waals surface area contributed by atoms with Crippen LogP contribution < -0.4 is 0 Å². The van der Waals surface area contributed by atoms with Crippen LogP contribution in [0.25, 0.3) is 0 Å². The Kier molecular flexibility index (Phi) is 2.09. The van der Waals surface area contributed by atoms with E-state index >= 15 is 0 Å². The molecule has 0 radical (unpaired) electrons. The van der Waals surface area contributed by atoms with Gasteiger partial charge < -0.3 is 0 Å². The third-order valence-electron chi connectivity index (χ3n) is 1.49. The van der Waals surface area contributed by atoms with Crippen LogP contribution in [0.5, 0.6) is 0 Å². The van der Waals surface area contributed by atoms with Gasteiger partial charge in [0.15, 0.2) is 0 Å². The van der Waals surface area contributed by atoms with Crippen molar-refractivity contribution in [3.8, 4) is 0 Å². The predicted octanol–water partition coefficient (Wildman–Crippen LogP) is 3.18. The lowest BCUT2D eigenvalue weighted by Gasteiger charge is -1.97. The molecule has 1 heterocycles. The zero-order chi connectivity index (χ0) is 7.68. The molecule has 1 aromatic rings. The van der Waals surface area contributed by atoms with Crippen molar-refractivity contribution >= 4 is 23.5 Å². The molecule has 0 aromatic heterocycles. The first-order valence-electron chi connectivity index (χ1n) is 3.38. The fourth-order valence-corrected chi connectivity index (χ4v) is 3.49. The molecule has 0 nitrogen and oxygen atoms in total. The Morgan fingerprint density at radius 1 is 1.18 bits per heavy atom. The minimum absolute atomic E-state index is 0.0902. The van der Waals surface area contributed by atoms with E-state index in [2.05, 4.69) is 0 Å². The number of thioether (sulfide) groups is 2. The molecule has 1 aromatic carbocycles. The molecule has 0 aliphatic carbocycles. The second-order valence-corrected chi connectivity index (χ2v) is 5.05. The highest BCUT2D eigenvalue weighted by molar-refractivity contribution is 8.19. The molecule has 0 bridgehead atoms. The van der Waals surface area contributed by atoms with Gasteiger partial charge >= 0.3 is 0 Å². The van der Waals surface area contributed by atoms with Crippen LogP contribution in [0, 0.1) is 0 Å². The van der Waals surface area contributed by atoms with Crippen LogP contribution in [-0.4, -0.2) is 11.3 Å². The van der Waals surface area contributed by atoms with E-state index in [0.29, 0.717) is 0 Å². The first-order valence-corrected chi connectivity index (χ1v) is 5.14. The highest BCUT2D eigenvalue weighted by Crippen LogP contribution is 2.47. The van der Waals surface area contributed by atoms with Crippen LogP contribution >= 0.6 is 23.5 Å². The number of alkyl halides is 1. The predicted molar refractivity (Wildman–Crippen MR) is 47.9 cm³/mol. The van der Waals surface area contributed by atoms with Crippen molar-refractivity contribution in [3.05, 3.63) is 24.3 Å². The van der Waals surface area contributed by atoms with Crippen LogP contribution in [0.2, 0.25) is 0 Å². The van der Waals surface area contributed by atoms with Gasteiger partial charge in [0.05, 0.1) is 4.58 Å². The molecule has 0 unspecified atom stereocenters. The SMILES string of the molecule is FCC1Sc2ccccc2S1. The maximum atomic E-state index is 12.2. The van der Waals surface area contributed by atoms with Gasteiger partial charge in [-0.2, -0.15) is 0 Å². The van der Waals surface area contributed by atoms with E-state index in [4.69, 9.17) is 0 Å². The fourth-order valence-electron chi connectivity index (χ4n) is 1.02. The molecule has 1 aliphatic heterocycles. The molecular formula is C8H7FS2. The van der Waals surface area contributed by atoms with E-state index in [1.54, 1.807) is 23.5 Å². The molecule has 11 heavy (non-hydrogen) atoms. The van der Waals surface area contributed by atoms with E-state index < -0.39 is 0 Å². The Hall–Kier alpha value is -0.150. The summed E-state index contributed by atoms with van der Waals surface area (Å²) in [6, 6.07) is 8.07. The summed E-state index contributed by atoms with van der Waals surface area (Å²) in [5.41, 5.74) is 0. The van der Waals surface area contributed by atoms with Gasteiger partial charge in [0, 0.05) is 9.79 Å². The average molecular weight is 186 g/mol. The summed E-state index contributed by atoms with van der Waals surface area (Å²) >= 11 is 3.25. The molecule has 0 saturated heterocycles. The largest absolute Gasteiger partial charge is 0.249 e. The Morgan fingerprint density at radius 2 is 1.73 bits per heavy atom. The molecule has 0 spiro atoms. The van der Waals surface area contributed by atoms with E-state index in [0.717, 1.165) is 0 Å². The van der Waals surface area contributed by atoms with E-state index in [-0.39, 0.29) is 11.3 Å². The summed E-state index contributed by atoms with van der Waals surface area (Å²) in [5, 5.41) is 0. The minimum atomic E-state index is -0.246. The number of rotatable bonds is 1. The van der Waals surface area contributed by atoms with Crippen molar-refractivity contribution < 1.29 is 4.39 Å². The molecule has 0 amide bonds. The molecule has 3 heteroatoms. The molecule has 2 rings (SSSR count). The number of hydrogen-bond donors (Lipinski definition) is 0. The first kappa shape index (κ1) is 7.50. The Morgan fingerprint density at radius 3 is 2.18 bits per heavy atom. The molecule has 0 fully saturated rings. The smallest absolute Gasteiger partial charge is 0.111 e. The quantitative estimate of drug-likeness (QED) is 0.660. The molecular weight excluding hydrogens is 179 g/mol. The van der Waals surface area contributed by atoms with Crippen LogP contribution in [0.3, 0.4) is 0 Å². The summed E-state index contributed by atoms with van der Waals surface area (Å²) in [7, 11) is 0. The second-order valence-electron chi connectivity index (χ2n) is 2.27. The molecule has 58 valence electrons. The highest BCUT2D eigenvalue weighted by atomic mass is 32.2. The van der Waals surface area contributed by atoms with Gasteiger partial charge in [-0.15, -0.1) is 23.5 Å². The topological polar surface area (TPSA) is 0 Å². The van der Waals surface area contributed by atoms with Crippen molar-refractivity contribution in [1.29, 1.82) is 0 Å². The maximum absolute atomic E-state index is 12.2. The first-order chi connectivity index (χ1) is 5.40. The van der Waals surface area contributed by atoms with Gasteiger partial charge in [-0.1, -0.05) is 12.1 Å². The Labute approximate surface area is 73.6 Å². The lowest BCUT2D eigenvalue weighted by atomic mass is 10.4. The number of fused-ring (bicyclic) bond motifs is 1. The van der Waals surface area contributed by atoms with Gasteiger partial charge in [-0.05, 0) is 12.1 Å². The monoisotopic (exact) mass is 186 g/mol. The molecule has 0 saturated carbocycles. The van der Waals surface area contributed by atoms with Crippen molar-refractivity contribution in [2.75, 3.05) is 6.67 Å². The summed E-state index contributed by atoms with van der Waals surface area (Å²) in [4.78, 5) is 2.44. The third kappa shape index (κ3) is 1.40. The van der Waals surface area contributed by atoms with Gasteiger partial charge in [-0.25, -0.2) is 4.39 Å². The van der Waals surface area contributed by atoms with Crippen molar-refractivity contribution in [1.82, 2.24) is 0 Å². The fraction of sp³-hybridized carbons (Fsp3) is 0.250. The van der Waals surface area contributed by atoms with E-state index in [9.17, 15) is 4.39 Å². The molecule has 0 N–H and O–H groups in total. The minimum Gasteiger partial charge on any atom is -0.249 e. The number of halogens is 1. The van der Waals surface area contributed by atoms with Crippen molar-refractivity contribution in [2.45, 2.75) is 14.4 Å². The van der Waals surface area contributed by atoms with Crippen LogP contribution in [0.15, 0.2) is 34.1 Å².